The molecule has 3 atom stereocenters. The van der Waals surface area contributed by atoms with Gasteiger partial charge in [0.25, 0.3) is 5.91 Å². The standard InChI is InChI=1S/C23H31N3O7/c1-13(2)20(25-21(30)16-7-5-9-18(33-4)14(16)3)23(32)26-10-6-8-17(26)22(31)24-15(12-27)11-19(28)29/h5,7,9,12-13,15,17,20H,6,8,10-11H2,1-4H3,(H,24,31)(H,25,30)(H,28,29)/t15-,17-,20-/m0/s1. The van der Waals surface area contributed by atoms with Gasteiger partial charge < -0.3 is 30.2 Å². The van der Waals surface area contributed by atoms with Gasteiger partial charge in [-0.15, -0.1) is 0 Å². The second-order valence-electron chi connectivity index (χ2n) is 8.37. The van der Waals surface area contributed by atoms with Crippen molar-refractivity contribution in [3.63, 3.8) is 0 Å². The zero-order chi connectivity index (χ0) is 24.7. The van der Waals surface area contributed by atoms with E-state index in [0.29, 0.717) is 42.5 Å². The lowest BCUT2D eigenvalue weighted by atomic mass is 10.0. The number of carboxylic acids is 1. The van der Waals surface area contributed by atoms with E-state index in [2.05, 4.69) is 10.6 Å². The summed E-state index contributed by atoms with van der Waals surface area (Å²) >= 11 is 0. The molecule has 1 aliphatic heterocycles. The normalized spacial score (nSPS) is 17.2. The minimum atomic E-state index is -1.22. The summed E-state index contributed by atoms with van der Waals surface area (Å²) in [6.45, 7) is 5.66. The fraction of sp³-hybridized carbons (Fsp3) is 0.522. The van der Waals surface area contributed by atoms with Crippen LogP contribution >= 0.6 is 0 Å². The summed E-state index contributed by atoms with van der Waals surface area (Å²) in [5.41, 5.74) is 1.02. The van der Waals surface area contributed by atoms with Gasteiger partial charge in [0.05, 0.1) is 19.6 Å². The molecule has 3 N–H and O–H groups in total. The van der Waals surface area contributed by atoms with Gasteiger partial charge in [-0.25, -0.2) is 0 Å². The van der Waals surface area contributed by atoms with E-state index < -0.39 is 48.2 Å². The maximum Gasteiger partial charge on any atom is 0.305 e. The van der Waals surface area contributed by atoms with Crippen molar-refractivity contribution in [1.82, 2.24) is 15.5 Å². The highest BCUT2D eigenvalue weighted by molar-refractivity contribution is 6.00. The number of carboxylic acid groups (broad SMARTS) is 1. The quantitative estimate of drug-likeness (QED) is 0.440. The molecular weight excluding hydrogens is 430 g/mol. The fourth-order valence-corrected chi connectivity index (χ4v) is 3.90. The lowest BCUT2D eigenvalue weighted by molar-refractivity contribution is -0.142. The minimum Gasteiger partial charge on any atom is -0.496 e. The van der Waals surface area contributed by atoms with Gasteiger partial charge in [-0.2, -0.15) is 0 Å². The Morgan fingerprint density at radius 2 is 1.94 bits per heavy atom. The number of amides is 3. The van der Waals surface area contributed by atoms with E-state index in [-0.39, 0.29) is 5.92 Å². The van der Waals surface area contributed by atoms with Gasteiger partial charge in [0.1, 0.15) is 24.1 Å². The van der Waals surface area contributed by atoms with Crippen molar-refractivity contribution in [3.05, 3.63) is 29.3 Å². The first-order chi connectivity index (χ1) is 15.6. The van der Waals surface area contributed by atoms with Crippen molar-refractivity contribution in [2.24, 2.45) is 5.92 Å². The van der Waals surface area contributed by atoms with Crippen LogP contribution in [0.2, 0.25) is 0 Å². The van der Waals surface area contributed by atoms with Crippen LogP contribution in [-0.4, -0.2) is 71.8 Å². The molecule has 10 heteroatoms. The number of carbonyl (C=O) groups is 5. The van der Waals surface area contributed by atoms with Gasteiger partial charge in [0.2, 0.25) is 11.8 Å². The predicted molar refractivity (Wildman–Crippen MR) is 119 cm³/mol. The molecule has 33 heavy (non-hydrogen) atoms. The number of nitrogens with one attached hydrogen (secondary N) is 2. The van der Waals surface area contributed by atoms with Crippen molar-refractivity contribution < 1.29 is 33.8 Å². The molecule has 2 rings (SSSR count). The molecule has 0 unspecified atom stereocenters. The van der Waals surface area contributed by atoms with E-state index in [4.69, 9.17) is 9.84 Å². The zero-order valence-corrected chi connectivity index (χ0v) is 19.3. The maximum atomic E-state index is 13.4. The first kappa shape index (κ1) is 25.8. The first-order valence-corrected chi connectivity index (χ1v) is 10.8. The smallest absolute Gasteiger partial charge is 0.305 e. The summed E-state index contributed by atoms with van der Waals surface area (Å²) in [6, 6.07) is 2.17. The molecule has 0 aliphatic carbocycles. The Kier molecular flexibility index (Phi) is 8.95. The second-order valence-corrected chi connectivity index (χ2v) is 8.37. The summed E-state index contributed by atoms with van der Waals surface area (Å²) in [5.74, 6) is -2.35. The number of aldehydes is 1. The predicted octanol–water partition coefficient (Wildman–Crippen LogP) is 0.907. The molecule has 0 spiro atoms. The lowest BCUT2D eigenvalue weighted by Gasteiger charge is -2.31. The van der Waals surface area contributed by atoms with Gasteiger partial charge in [-0.1, -0.05) is 19.9 Å². The summed E-state index contributed by atoms with van der Waals surface area (Å²) in [4.78, 5) is 62.4. The van der Waals surface area contributed by atoms with Crippen molar-refractivity contribution >= 4 is 30.0 Å². The number of carbonyl (C=O) groups excluding carboxylic acids is 4. The summed E-state index contributed by atoms with van der Waals surface area (Å²) in [6.07, 6.45) is 0.771. The van der Waals surface area contributed by atoms with Gasteiger partial charge in [-0.3, -0.25) is 19.2 Å². The van der Waals surface area contributed by atoms with Crippen LogP contribution in [0.5, 0.6) is 5.75 Å². The molecule has 10 nitrogen and oxygen atoms in total. The third kappa shape index (κ3) is 6.30. The number of likely N-dealkylation sites (tertiary alicyclic amines) is 1. The molecule has 0 aromatic heterocycles. The van der Waals surface area contributed by atoms with Gasteiger partial charge >= 0.3 is 5.97 Å². The third-order valence-corrected chi connectivity index (χ3v) is 5.69. The van der Waals surface area contributed by atoms with Gasteiger partial charge in [-0.05, 0) is 37.8 Å². The Bertz CT molecular complexity index is 915. The minimum absolute atomic E-state index is 0.258. The summed E-state index contributed by atoms with van der Waals surface area (Å²) in [5, 5.41) is 14.1. The van der Waals surface area contributed by atoms with Crippen LogP contribution in [0.25, 0.3) is 0 Å². The second kappa shape index (κ2) is 11.4. The van der Waals surface area contributed by atoms with Crippen molar-refractivity contribution in [2.45, 2.75) is 58.2 Å². The number of nitrogens with zero attached hydrogens (tertiary/aromatic N) is 1. The molecule has 1 saturated heterocycles. The summed E-state index contributed by atoms with van der Waals surface area (Å²) < 4.78 is 5.26. The van der Waals surface area contributed by atoms with Crippen LogP contribution in [0, 0.1) is 12.8 Å². The number of aliphatic carboxylic acids is 1. The number of hydrogen-bond acceptors (Lipinski definition) is 6. The highest BCUT2D eigenvalue weighted by Gasteiger charge is 2.39. The molecule has 1 aliphatic rings. The zero-order valence-electron chi connectivity index (χ0n) is 19.3. The fourth-order valence-electron chi connectivity index (χ4n) is 3.90. The molecule has 0 bridgehead atoms. The number of ether oxygens (including phenoxy) is 1. The topological polar surface area (TPSA) is 142 Å². The number of methoxy groups -OCH3 is 1. The van der Waals surface area contributed by atoms with E-state index in [1.165, 1.54) is 12.0 Å². The van der Waals surface area contributed by atoms with E-state index in [1.54, 1.807) is 39.0 Å². The Labute approximate surface area is 192 Å². The van der Waals surface area contributed by atoms with Crippen LogP contribution in [-0.2, 0) is 19.2 Å². The number of benzene rings is 1. The average Bonchev–Trinajstić information content (AvgIpc) is 3.26. The van der Waals surface area contributed by atoms with E-state index >= 15 is 0 Å². The van der Waals surface area contributed by atoms with Crippen LogP contribution < -0.4 is 15.4 Å². The third-order valence-electron chi connectivity index (χ3n) is 5.69. The van der Waals surface area contributed by atoms with Gasteiger partial charge in [0.15, 0.2) is 0 Å². The van der Waals surface area contributed by atoms with Crippen LogP contribution in [0.4, 0.5) is 0 Å². The number of rotatable bonds is 10. The molecule has 0 saturated carbocycles. The molecule has 1 aromatic rings. The van der Waals surface area contributed by atoms with Crippen LogP contribution in [0.3, 0.4) is 0 Å². The van der Waals surface area contributed by atoms with Crippen molar-refractivity contribution in [2.75, 3.05) is 13.7 Å². The van der Waals surface area contributed by atoms with Crippen LogP contribution in [0.15, 0.2) is 18.2 Å². The van der Waals surface area contributed by atoms with E-state index in [0.717, 1.165) is 0 Å². The molecular formula is C23H31N3O7. The monoisotopic (exact) mass is 461 g/mol. The van der Waals surface area contributed by atoms with E-state index in [9.17, 15) is 24.0 Å². The average molecular weight is 462 g/mol. The largest absolute Gasteiger partial charge is 0.496 e. The molecule has 1 fully saturated rings. The highest BCUT2D eigenvalue weighted by Crippen LogP contribution is 2.23. The Balaban J connectivity index is 2.17. The molecule has 1 heterocycles. The summed E-state index contributed by atoms with van der Waals surface area (Å²) in [7, 11) is 1.51. The Morgan fingerprint density at radius 1 is 1.24 bits per heavy atom. The lowest BCUT2D eigenvalue weighted by Crippen LogP contribution is -2.56. The van der Waals surface area contributed by atoms with Gasteiger partial charge in [0, 0.05) is 17.7 Å². The molecule has 3 amide bonds. The van der Waals surface area contributed by atoms with Crippen LogP contribution in [0.1, 0.15) is 49.0 Å². The first-order valence-electron chi connectivity index (χ1n) is 10.8. The maximum absolute atomic E-state index is 13.4. The Morgan fingerprint density at radius 3 is 2.52 bits per heavy atom. The van der Waals surface area contributed by atoms with E-state index in [1.807, 2.05) is 0 Å². The molecule has 180 valence electrons. The molecule has 0 radical (unpaired) electrons. The SMILES string of the molecule is COc1cccc(C(=O)N[C@H](C(=O)N2CCC[C@H]2C(=O)N[C@H](C=O)CC(=O)O)C(C)C)c1C. The highest BCUT2D eigenvalue weighted by atomic mass is 16.5. The van der Waals surface area contributed by atoms with Crippen molar-refractivity contribution in [1.29, 1.82) is 0 Å². The molecule has 1 aromatic carbocycles. The Hall–Kier alpha value is -3.43. The number of hydrogen-bond donors (Lipinski definition) is 3. The van der Waals surface area contributed by atoms with Crippen molar-refractivity contribution in [3.8, 4) is 5.75 Å².